The highest BCUT2D eigenvalue weighted by molar-refractivity contribution is 8.00. The number of hydrogen-bond donors (Lipinski definition) is 0. The van der Waals surface area contributed by atoms with Crippen molar-refractivity contribution in [3.8, 4) is 0 Å². The van der Waals surface area contributed by atoms with Crippen LogP contribution in [-0.2, 0) is 9.59 Å². The number of rotatable bonds is 5. The minimum Gasteiger partial charge on any atom is -0.342 e. The van der Waals surface area contributed by atoms with Crippen LogP contribution < -0.4 is 0 Å². The van der Waals surface area contributed by atoms with E-state index >= 15 is 0 Å². The number of carbonyl (C=O) groups is 2. The van der Waals surface area contributed by atoms with Crippen LogP contribution in [0.4, 0.5) is 0 Å². The predicted octanol–water partition coefficient (Wildman–Crippen LogP) is 2.63. The van der Waals surface area contributed by atoms with Crippen molar-refractivity contribution < 1.29 is 9.59 Å². The number of amides is 2. The average Bonchev–Trinajstić information content (AvgIpc) is 2.97. The molecule has 27 heavy (non-hydrogen) atoms. The van der Waals surface area contributed by atoms with Crippen molar-refractivity contribution in [1.29, 1.82) is 0 Å². The van der Waals surface area contributed by atoms with E-state index in [2.05, 4.69) is 36.1 Å². The topological polar surface area (TPSA) is 43.9 Å². The van der Waals surface area contributed by atoms with Crippen LogP contribution in [-0.4, -0.2) is 78.1 Å². The van der Waals surface area contributed by atoms with Gasteiger partial charge in [0, 0.05) is 44.2 Å². The maximum Gasteiger partial charge on any atom is 0.236 e. The van der Waals surface area contributed by atoms with Crippen molar-refractivity contribution in [1.82, 2.24) is 14.7 Å². The van der Waals surface area contributed by atoms with E-state index in [1.54, 1.807) is 11.8 Å². The number of thioether (sulfide) groups is 1. The van der Waals surface area contributed by atoms with Crippen LogP contribution >= 0.6 is 11.8 Å². The smallest absolute Gasteiger partial charge is 0.236 e. The van der Waals surface area contributed by atoms with Crippen LogP contribution in [0.5, 0.6) is 0 Å². The summed E-state index contributed by atoms with van der Waals surface area (Å²) >= 11 is 1.60. The maximum absolute atomic E-state index is 12.5. The molecule has 0 spiro atoms. The molecule has 148 valence electrons. The van der Waals surface area contributed by atoms with Gasteiger partial charge in [0.05, 0.1) is 12.3 Å². The molecular weight excluding hydrogens is 358 g/mol. The number of nitrogens with zero attached hydrogens (tertiary/aromatic N) is 3. The third-order valence-corrected chi connectivity index (χ3v) is 6.42. The summed E-state index contributed by atoms with van der Waals surface area (Å²) in [6.45, 7) is 7.42. The minimum atomic E-state index is 0.194. The lowest BCUT2D eigenvalue weighted by molar-refractivity contribution is -0.134. The lowest BCUT2D eigenvalue weighted by Crippen LogP contribution is -2.52. The molecule has 5 nitrogen and oxygen atoms in total. The molecule has 0 aliphatic carbocycles. The first-order valence-electron chi connectivity index (χ1n) is 10.1. The van der Waals surface area contributed by atoms with Gasteiger partial charge in [-0.2, -0.15) is 0 Å². The molecule has 1 aromatic carbocycles. The fourth-order valence-corrected chi connectivity index (χ4v) is 4.44. The molecule has 0 atom stereocenters. The molecule has 0 radical (unpaired) electrons. The molecule has 2 amide bonds. The lowest BCUT2D eigenvalue weighted by atomic mass is 10.2. The van der Waals surface area contributed by atoms with Crippen molar-refractivity contribution in [2.24, 2.45) is 0 Å². The Kier molecular flexibility index (Phi) is 7.59. The Labute approximate surface area is 167 Å². The molecule has 1 aromatic rings. The summed E-state index contributed by atoms with van der Waals surface area (Å²) < 4.78 is 0. The summed E-state index contributed by atoms with van der Waals surface area (Å²) in [6, 6.07) is 8.29. The van der Waals surface area contributed by atoms with Crippen molar-refractivity contribution in [2.45, 2.75) is 37.5 Å². The van der Waals surface area contributed by atoms with Crippen LogP contribution in [0.25, 0.3) is 0 Å². The fourth-order valence-electron chi connectivity index (χ4n) is 3.64. The quantitative estimate of drug-likeness (QED) is 0.726. The molecule has 0 N–H and O–H groups in total. The normalized spacial score (nSPS) is 19.0. The van der Waals surface area contributed by atoms with Crippen LogP contribution in [0.2, 0.25) is 0 Å². The summed E-state index contributed by atoms with van der Waals surface area (Å²) in [7, 11) is 0. The Hall–Kier alpha value is -1.53. The summed E-state index contributed by atoms with van der Waals surface area (Å²) in [4.78, 5) is 32.3. The first-order valence-corrected chi connectivity index (χ1v) is 11.1. The van der Waals surface area contributed by atoms with E-state index in [1.807, 2.05) is 9.80 Å². The molecule has 2 aliphatic heterocycles. The molecular formula is C21H31N3O2S. The van der Waals surface area contributed by atoms with Crippen LogP contribution in [0.15, 0.2) is 29.2 Å². The van der Waals surface area contributed by atoms with Crippen molar-refractivity contribution in [2.75, 3.05) is 51.6 Å². The molecule has 0 bridgehead atoms. The van der Waals surface area contributed by atoms with Crippen molar-refractivity contribution in [3.63, 3.8) is 0 Å². The first-order chi connectivity index (χ1) is 13.1. The highest BCUT2D eigenvalue weighted by atomic mass is 32.2. The summed E-state index contributed by atoms with van der Waals surface area (Å²) in [5, 5.41) is 0. The van der Waals surface area contributed by atoms with Crippen LogP contribution in [0, 0.1) is 6.92 Å². The summed E-state index contributed by atoms with van der Waals surface area (Å²) in [6.07, 6.45) is 4.75. The summed E-state index contributed by atoms with van der Waals surface area (Å²) in [5.74, 6) is 0.932. The van der Waals surface area contributed by atoms with Gasteiger partial charge in [0.25, 0.3) is 0 Å². The zero-order chi connectivity index (χ0) is 19.1. The zero-order valence-corrected chi connectivity index (χ0v) is 17.2. The first kappa shape index (κ1) is 20.2. The molecule has 3 rings (SSSR count). The number of benzene rings is 1. The van der Waals surface area contributed by atoms with Gasteiger partial charge in [-0.15, -0.1) is 11.8 Å². The minimum absolute atomic E-state index is 0.194. The van der Waals surface area contributed by atoms with Gasteiger partial charge in [0.15, 0.2) is 0 Å². The van der Waals surface area contributed by atoms with E-state index in [4.69, 9.17) is 0 Å². The Morgan fingerprint density at radius 2 is 1.41 bits per heavy atom. The van der Waals surface area contributed by atoms with Gasteiger partial charge < -0.3 is 9.80 Å². The number of hydrogen-bond acceptors (Lipinski definition) is 4. The van der Waals surface area contributed by atoms with Gasteiger partial charge in [0.2, 0.25) is 11.8 Å². The highest BCUT2D eigenvalue weighted by Crippen LogP contribution is 2.19. The maximum atomic E-state index is 12.5. The van der Waals surface area contributed by atoms with E-state index < -0.39 is 0 Å². The van der Waals surface area contributed by atoms with E-state index in [1.165, 1.54) is 18.4 Å². The third kappa shape index (κ3) is 6.25. The van der Waals surface area contributed by atoms with Gasteiger partial charge in [-0.1, -0.05) is 30.5 Å². The zero-order valence-electron chi connectivity index (χ0n) is 16.4. The Balaban J connectivity index is 1.38. The molecule has 2 aliphatic rings. The fraction of sp³-hybridized carbons (Fsp3) is 0.619. The van der Waals surface area contributed by atoms with E-state index in [0.717, 1.165) is 57.0 Å². The Bertz CT molecular complexity index is 619. The predicted molar refractivity (Wildman–Crippen MR) is 110 cm³/mol. The van der Waals surface area contributed by atoms with Gasteiger partial charge in [-0.25, -0.2) is 0 Å². The second-order valence-corrected chi connectivity index (χ2v) is 8.60. The Morgan fingerprint density at radius 1 is 0.815 bits per heavy atom. The van der Waals surface area contributed by atoms with Gasteiger partial charge in [-0.05, 0) is 31.9 Å². The number of aryl methyl sites for hydroxylation is 1. The molecule has 0 aromatic heterocycles. The van der Waals surface area contributed by atoms with E-state index in [9.17, 15) is 9.59 Å². The van der Waals surface area contributed by atoms with Gasteiger partial charge >= 0.3 is 0 Å². The number of likely N-dealkylation sites (tertiary alicyclic amines) is 1. The van der Waals surface area contributed by atoms with Gasteiger partial charge in [0.1, 0.15) is 0 Å². The third-order valence-electron chi connectivity index (χ3n) is 5.43. The molecule has 2 fully saturated rings. The second-order valence-electron chi connectivity index (χ2n) is 7.55. The molecule has 0 saturated carbocycles. The van der Waals surface area contributed by atoms with Crippen LogP contribution in [0.1, 0.15) is 31.2 Å². The lowest BCUT2D eigenvalue weighted by Gasteiger charge is -2.35. The number of carbonyl (C=O) groups excluding carboxylic acids is 2. The monoisotopic (exact) mass is 389 g/mol. The second kappa shape index (κ2) is 10.1. The number of piperazine rings is 1. The van der Waals surface area contributed by atoms with Crippen LogP contribution in [0.3, 0.4) is 0 Å². The average molecular weight is 390 g/mol. The largest absolute Gasteiger partial charge is 0.342 e. The molecule has 2 saturated heterocycles. The van der Waals surface area contributed by atoms with Crippen molar-refractivity contribution in [3.05, 3.63) is 29.8 Å². The SMILES string of the molecule is Cc1ccc(SCC(=O)N2CCN(CC(=O)N3CCCCCC3)CC2)cc1. The highest BCUT2D eigenvalue weighted by Gasteiger charge is 2.24. The summed E-state index contributed by atoms with van der Waals surface area (Å²) in [5.41, 5.74) is 1.23. The standard InChI is InChI=1S/C21H31N3O2S/c1-18-6-8-19(9-7-18)27-17-21(26)24-14-12-22(13-15-24)16-20(25)23-10-4-2-3-5-11-23/h6-9H,2-5,10-17H2,1H3. The molecule has 0 unspecified atom stereocenters. The van der Waals surface area contributed by atoms with E-state index in [-0.39, 0.29) is 11.8 Å². The Morgan fingerprint density at radius 3 is 2.04 bits per heavy atom. The van der Waals surface area contributed by atoms with Gasteiger partial charge in [-0.3, -0.25) is 14.5 Å². The van der Waals surface area contributed by atoms with Crippen molar-refractivity contribution >= 4 is 23.6 Å². The molecule has 6 heteroatoms. The van der Waals surface area contributed by atoms with E-state index in [0.29, 0.717) is 12.3 Å². The molecule has 2 heterocycles.